The summed E-state index contributed by atoms with van der Waals surface area (Å²) in [5.74, 6) is 1.33. The van der Waals surface area contributed by atoms with Crippen molar-refractivity contribution >= 4 is 23.4 Å². The first-order valence-electron chi connectivity index (χ1n) is 9.69. The smallest absolute Gasteiger partial charge is 0.262 e. The van der Waals surface area contributed by atoms with Crippen LogP contribution < -0.4 is 10.1 Å². The molecule has 156 valence electrons. The molecule has 0 unspecified atom stereocenters. The third-order valence-corrected chi connectivity index (χ3v) is 5.38. The van der Waals surface area contributed by atoms with Crippen molar-refractivity contribution in [2.45, 2.75) is 11.8 Å². The van der Waals surface area contributed by atoms with Crippen LogP contribution in [-0.2, 0) is 4.79 Å². The Morgan fingerprint density at radius 2 is 1.71 bits per heavy atom. The highest BCUT2D eigenvalue weighted by Gasteiger charge is 2.11. The summed E-state index contributed by atoms with van der Waals surface area (Å²) in [6, 6.07) is 22.8. The molecule has 0 spiro atoms. The number of aromatic nitrogens is 2. The molecule has 31 heavy (non-hydrogen) atoms. The highest BCUT2D eigenvalue weighted by molar-refractivity contribution is 7.98. The molecular weight excluding hydrogens is 410 g/mol. The first-order valence-corrected chi connectivity index (χ1v) is 10.9. The van der Waals surface area contributed by atoms with Crippen molar-refractivity contribution < 1.29 is 14.1 Å². The molecule has 0 aliphatic carbocycles. The molecule has 0 saturated heterocycles. The van der Waals surface area contributed by atoms with Crippen molar-refractivity contribution in [1.29, 1.82) is 0 Å². The van der Waals surface area contributed by atoms with Crippen molar-refractivity contribution in [1.82, 2.24) is 10.1 Å². The molecule has 0 fully saturated rings. The maximum Gasteiger partial charge on any atom is 0.262 e. The van der Waals surface area contributed by atoms with Gasteiger partial charge in [0.2, 0.25) is 5.82 Å². The van der Waals surface area contributed by atoms with Gasteiger partial charge in [-0.15, -0.1) is 11.8 Å². The molecule has 0 aliphatic rings. The fraction of sp³-hybridized carbons (Fsp3) is 0.125. The molecule has 0 saturated carbocycles. The van der Waals surface area contributed by atoms with Crippen molar-refractivity contribution in [3.05, 3.63) is 78.4 Å². The number of hydrogen-bond donors (Lipinski definition) is 1. The predicted molar refractivity (Wildman–Crippen MR) is 122 cm³/mol. The average Bonchev–Trinajstić information content (AvgIpc) is 3.29. The molecule has 4 rings (SSSR count). The highest BCUT2D eigenvalue weighted by Crippen LogP contribution is 2.26. The Kier molecular flexibility index (Phi) is 6.33. The van der Waals surface area contributed by atoms with Gasteiger partial charge in [0, 0.05) is 16.0 Å². The number of nitrogens with one attached hydrogen (secondary N) is 1. The van der Waals surface area contributed by atoms with Crippen LogP contribution in [0.1, 0.15) is 5.56 Å². The summed E-state index contributed by atoms with van der Waals surface area (Å²) in [4.78, 5) is 17.7. The standard InChI is InChI=1S/C24H21N3O3S/c1-16-7-9-17(10-8-16)23-26-24(30-27-23)18-11-13-19(14-12-18)29-15-22(28)25-20-5-3-4-6-21(20)31-2/h3-14H,15H2,1-2H3,(H,25,28). The lowest BCUT2D eigenvalue weighted by Crippen LogP contribution is -2.20. The number of para-hydroxylation sites is 1. The first kappa shape index (κ1) is 20.7. The minimum absolute atomic E-state index is 0.0831. The van der Waals surface area contributed by atoms with E-state index < -0.39 is 0 Å². The highest BCUT2D eigenvalue weighted by atomic mass is 32.2. The van der Waals surface area contributed by atoms with Gasteiger partial charge in [0.15, 0.2) is 6.61 Å². The lowest BCUT2D eigenvalue weighted by Gasteiger charge is -2.10. The van der Waals surface area contributed by atoms with Crippen LogP contribution in [0.4, 0.5) is 5.69 Å². The minimum Gasteiger partial charge on any atom is -0.484 e. The van der Waals surface area contributed by atoms with Crippen molar-refractivity contribution in [3.8, 4) is 28.6 Å². The number of anilines is 1. The zero-order valence-electron chi connectivity index (χ0n) is 17.2. The summed E-state index contributed by atoms with van der Waals surface area (Å²) < 4.78 is 11.0. The molecule has 1 amide bonds. The van der Waals surface area contributed by atoms with Gasteiger partial charge in [-0.25, -0.2) is 0 Å². The zero-order chi connectivity index (χ0) is 21.6. The van der Waals surface area contributed by atoms with Crippen LogP contribution in [0.2, 0.25) is 0 Å². The lowest BCUT2D eigenvalue weighted by molar-refractivity contribution is -0.118. The van der Waals surface area contributed by atoms with Crippen molar-refractivity contribution in [2.24, 2.45) is 0 Å². The van der Waals surface area contributed by atoms with Gasteiger partial charge < -0.3 is 14.6 Å². The van der Waals surface area contributed by atoms with Crippen LogP contribution in [0.5, 0.6) is 5.75 Å². The monoisotopic (exact) mass is 431 g/mol. The van der Waals surface area contributed by atoms with E-state index in [1.54, 1.807) is 23.9 Å². The van der Waals surface area contributed by atoms with E-state index in [4.69, 9.17) is 9.26 Å². The molecule has 4 aromatic rings. The van der Waals surface area contributed by atoms with Crippen LogP contribution in [0, 0.1) is 6.92 Å². The fourth-order valence-corrected chi connectivity index (χ4v) is 3.49. The quantitative estimate of drug-likeness (QED) is 0.392. The number of carbonyl (C=O) groups excluding carboxylic acids is 1. The van der Waals surface area contributed by atoms with Crippen LogP contribution >= 0.6 is 11.8 Å². The molecule has 1 heterocycles. The summed E-state index contributed by atoms with van der Waals surface area (Å²) in [6.45, 7) is 1.95. The van der Waals surface area contributed by atoms with Gasteiger partial charge in [-0.05, 0) is 49.6 Å². The average molecular weight is 432 g/mol. The summed E-state index contributed by atoms with van der Waals surface area (Å²) in [5.41, 5.74) is 3.62. The molecule has 1 N–H and O–H groups in total. The second-order valence-corrected chi connectivity index (χ2v) is 7.70. The Balaban J connectivity index is 1.36. The van der Waals surface area contributed by atoms with E-state index in [0.29, 0.717) is 17.5 Å². The second-order valence-electron chi connectivity index (χ2n) is 6.85. The summed E-state index contributed by atoms with van der Waals surface area (Å²) >= 11 is 1.58. The largest absolute Gasteiger partial charge is 0.484 e. The van der Waals surface area contributed by atoms with Crippen LogP contribution in [0.25, 0.3) is 22.8 Å². The molecule has 6 nitrogen and oxygen atoms in total. The van der Waals surface area contributed by atoms with E-state index in [2.05, 4.69) is 15.5 Å². The minimum atomic E-state index is -0.217. The van der Waals surface area contributed by atoms with Gasteiger partial charge in [0.1, 0.15) is 5.75 Å². The number of amides is 1. The number of hydrogen-bond acceptors (Lipinski definition) is 6. The molecule has 0 bridgehead atoms. The Labute approximate surface area is 184 Å². The number of rotatable bonds is 7. The number of benzene rings is 3. The molecule has 0 aliphatic heterocycles. The van der Waals surface area contributed by atoms with E-state index in [1.165, 1.54) is 5.56 Å². The molecule has 0 atom stereocenters. The van der Waals surface area contributed by atoms with Crippen molar-refractivity contribution in [2.75, 3.05) is 18.2 Å². The summed E-state index contributed by atoms with van der Waals surface area (Å²) in [6.07, 6.45) is 1.97. The van der Waals surface area contributed by atoms with Crippen LogP contribution in [0.15, 0.2) is 82.2 Å². The maximum atomic E-state index is 12.2. The number of thioether (sulfide) groups is 1. The second kappa shape index (κ2) is 9.49. The van der Waals surface area contributed by atoms with Gasteiger partial charge in [-0.2, -0.15) is 4.98 Å². The Hall–Kier alpha value is -3.58. The van der Waals surface area contributed by atoms with Gasteiger partial charge in [0.25, 0.3) is 11.8 Å². The topological polar surface area (TPSA) is 77.2 Å². The third-order valence-electron chi connectivity index (χ3n) is 4.59. The molecule has 0 radical (unpaired) electrons. The molecular formula is C24H21N3O3S. The maximum absolute atomic E-state index is 12.2. The fourth-order valence-electron chi connectivity index (χ4n) is 2.94. The van der Waals surface area contributed by atoms with E-state index in [9.17, 15) is 4.79 Å². The van der Waals surface area contributed by atoms with E-state index in [-0.39, 0.29) is 12.5 Å². The van der Waals surface area contributed by atoms with Gasteiger partial charge >= 0.3 is 0 Å². The van der Waals surface area contributed by atoms with Crippen molar-refractivity contribution in [3.63, 3.8) is 0 Å². The molecule has 3 aromatic carbocycles. The van der Waals surface area contributed by atoms with E-state index in [0.717, 1.165) is 21.7 Å². The lowest BCUT2D eigenvalue weighted by atomic mass is 10.1. The summed E-state index contributed by atoms with van der Waals surface area (Å²) in [5, 5.41) is 6.93. The van der Waals surface area contributed by atoms with Gasteiger partial charge in [-0.3, -0.25) is 4.79 Å². The first-order chi connectivity index (χ1) is 15.1. The number of carbonyl (C=O) groups is 1. The van der Waals surface area contributed by atoms with Crippen LogP contribution in [-0.4, -0.2) is 28.9 Å². The summed E-state index contributed by atoms with van der Waals surface area (Å²) in [7, 11) is 0. The molecule has 7 heteroatoms. The number of aryl methyl sites for hydroxylation is 1. The van der Waals surface area contributed by atoms with Crippen LogP contribution in [0.3, 0.4) is 0 Å². The normalized spacial score (nSPS) is 10.6. The van der Waals surface area contributed by atoms with Gasteiger partial charge in [0.05, 0.1) is 5.69 Å². The van der Waals surface area contributed by atoms with Gasteiger partial charge in [-0.1, -0.05) is 47.1 Å². The Morgan fingerprint density at radius 3 is 2.45 bits per heavy atom. The number of ether oxygens (including phenoxy) is 1. The SMILES string of the molecule is CSc1ccccc1NC(=O)COc1ccc(-c2nc(-c3ccc(C)cc3)no2)cc1. The zero-order valence-corrected chi connectivity index (χ0v) is 18.0. The third kappa shape index (κ3) is 5.13. The van der Waals surface area contributed by atoms with E-state index in [1.807, 2.05) is 73.8 Å². The predicted octanol–water partition coefficient (Wildman–Crippen LogP) is 5.45. The Bertz CT molecular complexity index is 1170. The Morgan fingerprint density at radius 1 is 1.00 bits per heavy atom. The molecule has 1 aromatic heterocycles. The number of nitrogens with zero attached hydrogens (tertiary/aromatic N) is 2. The van der Waals surface area contributed by atoms with E-state index >= 15 is 0 Å².